The van der Waals surface area contributed by atoms with Crippen LogP contribution in [0.1, 0.15) is 12.5 Å². The van der Waals surface area contributed by atoms with E-state index in [1.165, 1.54) is 6.92 Å². The predicted molar refractivity (Wildman–Crippen MR) is 71.9 cm³/mol. The summed E-state index contributed by atoms with van der Waals surface area (Å²) in [4.78, 5) is 24.9. The Morgan fingerprint density at radius 2 is 2.21 bits per heavy atom. The van der Waals surface area contributed by atoms with Gasteiger partial charge in [-0.05, 0) is 23.8 Å². The van der Waals surface area contributed by atoms with Crippen molar-refractivity contribution in [3.63, 3.8) is 0 Å². The molecule has 0 aliphatic rings. The van der Waals surface area contributed by atoms with E-state index in [9.17, 15) is 9.59 Å². The van der Waals surface area contributed by atoms with Crippen LogP contribution in [0.5, 0.6) is 0 Å². The number of carbonyl (C=O) groups excluding carboxylic acids is 1. The highest BCUT2D eigenvalue weighted by Gasteiger charge is 2.15. The van der Waals surface area contributed by atoms with Gasteiger partial charge in [0.25, 0.3) is 0 Å². The molecule has 1 amide bonds. The van der Waals surface area contributed by atoms with Crippen LogP contribution in [-0.2, 0) is 16.0 Å². The van der Waals surface area contributed by atoms with E-state index in [2.05, 4.69) is 10.3 Å². The molecular weight excluding hydrogens is 246 g/mol. The van der Waals surface area contributed by atoms with E-state index in [0.29, 0.717) is 5.69 Å². The first-order valence-electron chi connectivity index (χ1n) is 5.83. The van der Waals surface area contributed by atoms with Gasteiger partial charge in [-0.15, -0.1) is 0 Å². The van der Waals surface area contributed by atoms with E-state index in [1.807, 2.05) is 6.07 Å². The van der Waals surface area contributed by atoms with Crippen LogP contribution < -0.4 is 11.1 Å². The Bertz CT molecular complexity index is 633. The quantitative estimate of drug-likeness (QED) is 0.660. The van der Waals surface area contributed by atoms with Crippen LogP contribution >= 0.6 is 0 Å². The van der Waals surface area contributed by atoms with Gasteiger partial charge in [0.15, 0.2) is 0 Å². The molecule has 5 N–H and O–H groups in total. The number of nitrogens with two attached hydrogens (primary N) is 1. The predicted octanol–water partition coefficient (Wildman–Crippen LogP) is 1.08. The maximum atomic E-state index is 11.0. The molecule has 1 atom stereocenters. The van der Waals surface area contributed by atoms with Crippen LogP contribution in [0.2, 0.25) is 0 Å². The highest BCUT2D eigenvalue weighted by Crippen LogP contribution is 2.23. The second-order valence-electron chi connectivity index (χ2n) is 4.40. The number of benzene rings is 1. The molecule has 1 aromatic heterocycles. The van der Waals surface area contributed by atoms with E-state index < -0.39 is 12.0 Å². The number of carboxylic acids is 1. The monoisotopic (exact) mass is 261 g/mol. The summed E-state index contributed by atoms with van der Waals surface area (Å²) in [5.41, 5.74) is 7.90. The molecule has 1 aromatic carbocycles. The number of H-pyrrole nitrogens is 1. The molecule has 6 nitrogen and oxygen atoms in total. The van der Waals surface area contributed by atoms with E-state index in [0.717, 1.165) is 16.5 Å². The van der Waals surface area contributed by atoms with Crippen molar-refractivity contribution < 1.29 is 14.7 Å². The van der Waals surface area contributed by atoms with Crippen molar-refractivity contribution in [1.82, 2.24) is 4.98 Å². The first-order chi connectivity index (χ1) is 8.97. The maximum absolute atomic E-state index is 11.0. The molecule has 0 saturated heterocycles. The third-order valence-electron chi connectivity index (χ3n) is 2.84. The van der Waals surface area contributed by atoms with Crippen LogP contribution in [0.3, 0.4) is 0 Å². The molecule has 0 spiro atoms. The number of aliphatic carboxylic acids is 1. The third-order valence-corrected chi connectivity index (χ3v) is 2.84. The van der Waals surface area contributed by atoms with Gasteiger partial charge in [-0.1, -0.05) is 0 Å². The van der Waals surface area contributed by atoms with Crippen LogP contribution in [0, 0.1) is 0 Å². The zero-order chi connectivity index (χ0) is 14.0. The summed E-state index contributed by atoms with van der Waals surface area (Å²) < 4.78 is 0. The number of carbonyl (C=O) groups is 2. The van der Waals surface area contributed by atoms with Gasteiger partial charge in [0.1, 0.15) is 6.04 Å². The summed E-state index contributed by atoms with van der Waals surface area (Å²) in [5, 5.41) is 12.4. The van der Waals surface area contributed by atoms with Gasteiger partial charge in [-0.3, -0.25) is 9.59 Å². The molecule has 2 aromatic rings. The number of anilines is 1. The SMILES string of the molecule is CC(=O)Nc1ccc2[nH]cc(C[C@H](N)C(=O)O)c2c1. The molecule has 0 bridgehead atoms. The Kier molecular flexibility index (Phi) is 3.52. The summed E-state index contributed by atoms with van der Waals surface area (Å²) in [6, 6.07) is 4.47. The van der Waals surface area contributed by atoms with Crippen LogP contribution in [0.4, 0.5) is 5.69 Å². The molecule has 0 saturated carbocycles. The molecule has 0 fully saturated rings. The largest absolute Gasteiger partial charge is 0.480 e. The molecular formula is C13H15N3O3. The van der Waals surface area contributed by atoms with E-state index in [1.54, 1.807) is 18.3 Å². The fourth-order valence-electron chi connectivity index (χ4n) is 1.95. The Labute approximate surface area is 109 Å². The Hall–Kier alpha value is -2.34. The van der Waals surface area contributed by atoms with Gasteiger partial charge in [0.05, 0.1) is 0 Å². The molecule has 100 valence electrons. The number of nitrogens with one attached hydrogen (secondary N) is 2. The lowest BCUT2D eigenvalue weighted by Crippen LogP contribution is -2.32. The molecule has 0 aliphatic heterocycles. The number of carboxylic acid groups (broad SMARTS) is 1. The fourth-order valence-corrected chi connectivity index (χ4v) is 1.95. The lowest BCUT2D eigenvalue weighted by molar-refractivity contribution is -0.138. The van der Waals surface area contributed by atoms with Crippen molar-refractivity contribution in [3.05, 3.63) is 30.0 Å². The minimum atomic E-state index is -1.03. The summed E-state index contributed by atoms with van der Waals surface area (Å²) in [7, 11) is 0. The standard InChI is InChI=1S/C13H15N3O3/c1-7(17)16-9-2-3-12-10(5-9)8(6-15-12)4-11(14)13(18)19/h2-3,5-6,11,15H,4,14H2,1H3,(H,16,17)(H,18,19)/t11-/m0/s1. The number of hydrogen-bond donors (Lipinski definition) is 4. The number of amides is 1. The van der Waals surface area contributed by atoms with Gasteiger partial charge in [-0.2, -0.15) is 0 Å². The van der Waals surface area contributed by atoms with Gasteiger partial charge in [0, 0.05) is 36.1 Å². The Balaban J connectivity index is 2.34. The average Bonchev–Trinajstić information content (AvgIpc) is 2.71. The summed E-state index contributed by atoms with van der Waals surface area (Å²) in [5.74, 6) is -1.19. The van der Waals surface area contributed by atoms with Gasteiger partial charge in [-0.25, -0.2) is 0 Å². The lowest BCUT2D eigenvalue weighted by Gasteiger charge is -2.06. The Morgan fingerprint density at radius 1 is 1.47 bits per heavy atom. The van der Waals surface area contributed by atoms with Crippen molar-refractivity contribution in [2.24, 2.45) is 5.73 Å². The number of rotatable bonds is 4. The summed E-state index contributed by atoms with van der Waals surface area (Å²) >= 11 is 0. The smallest absolute Gasteiger partial charge is 0.320 e. The van der Waals surface area contributed by atoms with Crippen molar-refractivity contribution in [2.45, 2.75) is 19.4 Å². The minimum absolute atomic E-state index is 0.154. The van der Waals surface area contributed by atoms with Gasteiger partial charge >= 0.3 is 5.97 Å². The molecule has 6 heteroatoms. The van der Waals surface area contributed by atoms with Crippen molar-refractivity contribution in [2.75, 3.05) is 5.32 Å². The first-order valence-corrected chi connectivity index (χ1v) is 5.83. The summed E-state index contributed by atoms with van der Waals surface area (Å²) in [6.45, 7) is 1.43. The van der Waals surface area contributed by atoms with E-state index in [4.69, 9.17) is 10.8 Å². The maximum Gasteiger partial charge on any atom is 0.320 e. The third kappa shape index (κ3) is 2.92. The van der Waals surface area contributed by atoms with Crippen LogP contribution in [0.15, 0.2) is 24.4 Å². The van der Waals surface area contributed by atoms with Crippen molar-refractivity contribution >= 4 is 28.5 Å². The molecule has 0 radical (unpaired) electrons. The Morgan fingerprint density at radius 3 is 2.84 bits per heavy atom. The zero-order valence-corrected chi connectivity index (χ0v) is 10.4. The second kappa shape index (κ2) is 5.11. The van der Waals surface area contributed by atoms with E-state index >= 15 is 0 Å². The van der Waals surface area contributed by atoms with Crippen LogP contribution in [0.25, 0.3) is 10.9 Å². The van der Waals surface area contributed by atoms with Crippen LogP contribution in [-0.4, -0.2) is 28.0 Å². The van der Waals surface area contributed by atoms with E-state index in [-0.39, 0.29) is 12.3 Å². The fraction of sp³-hybridized carbons (Fsp3) is 0.231. The highest BCUT2D eigenvalue weighted by atomic mass is 16.4. The number of hydrogen-bond acceptors (Lipinski definition) is 3. The molecule has 1 heterocycles. The number of aromatic nitrogens is 1. The van der Waals surface area contributed by atoms with Crippen molar-refractivity contribution in [3.8, 4) is 0 Å². The molecule has 2 rings (SSSR count). The normalized spacial score (nSPS) is 12.3. The van der Waals surface area contributed by atoms with Gasteiger partial charge < -0.3 is 21.1 Å². The highest BCUT2D eigenvalue weighted by molar-refractivity contribution is 5.93. The second-order valence-corrected chi connectivity index (χ2v) is 4.40. The molecule has 0 unspecified atom stereocenters. The summed E-state index contributed by atoms with van der Waals surface area (Å²) in [6.07, 6.45) is 1.98. The zero-order valence-electron chi connectivity index (χ0n) is 10.4. The molecule has 19 heavy (non-hydrogen) atoms. The number of aromatic amines is 1. The number of fused-ring (bicyclic) bond motifs is 1. The topological polar surface area (TPSA) is 108 Å². The van der Waals surface area contributed by atoms with Gasteiger partial charge in [0.2, 0.25) is 5.91 Å². The molecule has 0 aliphatic carbocycles. The average molecular weight is 261 g/mol. The minimum Gasteiger partial charge on any atom is -0.480 e. The lowest BCUT2D eigenvalue weighted by atomic mass is 10.1. The first kappa shape index (κ1) is 13.1. The van der Waals surface area contributed by atoms with Crippen molar-refractivity contribution in [1.29, 1.82) is 0 Å².